The summed E-state index contributed by atoms with van der Waals surface area (Å²) in [6, 6.07) is 4.41. The Morgan fingerprint density at radius 1 is 1.38 bits per heavy atom. The van der Waals surface area contributed by atoms with E-state index in [-0.39, 0.29) is 0 Å². The van der Waals surface area contributed by atoms with Crippen molar-refractivity contribution in [3.8, 4) is 0 Å². The fraction of sp³-hybridized carbons (Fsp3) is 0.500. The fourth-order valence-corrected chi connectivity index (χ4v) is 1.80. The van der Waals surface area contributed by atoms with Crippen LogP contribution in [0.25, 0.3) is 0 Å². The van der Waals surface area contributed by atoms with E-state index in [1.165, 1.54) is 12.1 Å². The number of anilines is 1. The maximum Gasteiger partial charge on any atom is 0.0397 e. The van der Waals surface area contributed by atoms with Gasteiger partial charge in [0.05, 0.1) is 0 Å². The number of rotatable bonds is 1. The summed E-state index contributed by atoms with van der Waals surface area (Å²) in [6.07, 6.45) is 6.01. The van der Waals surface area contributed by atoms with Crippen molar-refractivity contribution < 1.29 is 0 Å². The minimum atomic E-state index is 0.335. The summed E-state index contributed by atoms with van der Waals surface area (Å²) in [4.78, 5) is 6.33. The van der Waals surface area contributed by atoms with Gasteiger partial charge in [-0.3, -0.25) is 4.98 Å². The van der Waals surface area contributed by atoms with E-state index in [0.29, 0.717) is 6.04 Å². The number of pyridine rings is 1. The SMILES string of the molecule is N[C@H]1CCCN(c2ccncc2)C1. The minimum Gasteiger partial charge on any atom is -0.370 e. The van der Waals surface area contributed by atoms with Gasteiger partial charge in [0.15, 0.2) is 0 Å². The number of nitrogens with two attached hydrogens (primary N) is 1. The van der Waals surface area contributed by atoms with Crippen LogP contribution in [0.4, 0.5) is 5.69 Å². The molecule has 0 radical (unpaired) electrons. The van der Waals surface area contributed by atoms with E-state index >= 15 is 0 Å². The van der Waals surface area contributed by atoms with Gasteiger partial charge in [-0.15, -0.1) is 0 Å². The first-order valence-corrected chi connectivity index (χ1v) is 4.77. The highest BCUT2D eigenvalue weighted by Gasteiger charge is 2.16. The lowest BCUT2D eigenvalue weighted by atomic mass is 10.1. The van der Waals surface area contributed by atoms with Gasteiger partial charge < -0.3 is 10.6 Å². The molecule has 1 atom stereocenters. The van der Waals surface area contributed by atoms with Crippen LogP contribution in [0.3, 0.4) is 0 Å². The van der Waals surface area contributed by atoms with Crippen molar-refractivity contribution in [2.75, 3.05) is 18.0 Å². The Balaban J connectivity index is 2.08. The second kappa shape index (κ2) is 3.75. The van der Waals surface area contributed by atoms with Gasteiger partial charge in [0, 0.05) is 37.2 Å². The summed E-state index contributed by atoms with van der Waals surface area (Å²) in [7, 11) is 0. The van der Waals surface area contributed by atoms with Crippen molar-refractivity contribution in [3.05, 3.63) is 24.5 Å². The Kier molecular flexibility index (Phi) is 2.45. The predicted octanol–water partition coefficient (Wildman–Crippen LogP) is 1.01. The standard InChI is InChI=1S/C10H15N3/c11-9-2-1-7-13(8-9)10-3-5-12-6-4-10/h3-6,9H,1-2,7-8,11H2/t9-/m0/s1. The average Bonchev–Trinajstić information content (AvgIpc) is 2.19. The van der Waals surface area contributed by atoms with Crippen molar-refractivity contribution in [2.45, 2.75) is 18.9 Å². The molecule has 0 bridgehead atoms. The molecule has 1 aliphatic heterocycles. The first-order chi connectivity index (χ1) is 6.36. The molecule has 3 heteroatoms. The van der Waals surface area contributed by atoms with Gasteiger partial charge in [-0.2, -0.15) is 0 Å². The molecule has 0 aromatic carbocycles. The van der Waals surface area contributed by atoms with Gasteiger partial charge in [-0.05, 0) is 25.0 Å². The lowest BCUT2D eigenvalue weighted by Crippen LogP contribution is -2.42. The Hall–Kier alpha value is -1.09. The molecule has 1 aromatic heterocycles. The van der Waals surface area contributed by atoms with E-state index in [4.69, 9.17) is 5.73 Å². The molecule has 1 aromatic rings. The van der Waals surface area contributed by atoms with Crippen molar-refractivity contribution >= 4 is 5.69 Å². The summed E-state index contributed by atoms with van der Waals surface area (Å²) in [5.41, 5.74) is 7.15. The van der Waals surface area contributed by atoms with E-state index in [1.54, 1.807) is 0 Å². The Morgan fingerprint density at radius 3 is 2.85 bits per heavy atom. The number of piperidine rings is 1. The summed E-state index contributed by atoms with van der Waals surface area (Å²) in [6.45, 7) is 2.10. The molecule has 0 aliphatic carbocycles. The van der Waals surface area contributed by atoms with Crippen molar-refractivity contribution in [2.24, 2.45) is 5.73 Å². The third-order valence-corrected chi connectivity index (χ3v) is 2.49. The molecule has 1 fully saturated rings. The van der Waals surface area contributed by atoms with E-state index in [0.717, 1.165) is 19.5 Å². The molecule has 0 saturated carbocycles. The third-order valence-electron chi connectivity index (χ3n) is 2.49. The molecular weight excluding hydrogens is 162 g/mol. The van der Waals surface area contributed by atoms with E-state index in [1.807, 2.05) is 24.5 Å². The maximum absolute atomic E-state index is 5.91. The van der Waals surface area contributed by atoms with Gasteiger partial charge in [0.2, 0.25) is 0 Å². The van der Waals surface area contributed by atoms with Gasteiger partial charge in [-0.25, -0.2) is 0 Å². The van der Waals surface area contributed by atoms with Crippen LogP contribution in [0, 0.1) is 0 Å². The van der Waals surface area contributed by atoms with Crippen LogP contribution in [0.1, 0.15) is 12.8 Å². The molecule has 0 spiro atoms. The van der Waals surface area contributed by atoms with Gasteiger partial charge >= 0.3 is 0 Å². The van der Waals surface area contributed by atoms with E-state index < -0.39 is 0 Å². The minimum absolute atomic E-state index is 0.335. The van der Waals surface area contributed by atoms with E-state index in [2.05, 4.69) is 9.88 Å². The van der Waals surface area contributed by atoms with E-state index in [9.17, 15) is 0 Å². The highest BCUT2D eigenvalue weighted by molar-refractivity contribution is 5.45. The quantitative estimate of drug-likeness (QED) is 0.696. The van der Waals surface area contributed by atoms with Crippen molar-refractivity contribution in [3.63, 3.8) is 0 Å². The largest absolute Gasteiger partial charge is 0.370 e. The Labute approximate surface area is 78.6 Å². The van der Waals surface area contributed by atoms with Crippen LogP contribution >= 0.6 is 0 Å². The van der Waals surface area contributed by atoms with Gasteiger partial charge in [-0.1, -0.05) is 0 Å². The maximum atomic E-state index is 5.91. The molecule has 0 amide bonds. The van der Waals surface area contributed by atoms with Gasteiger partial charge in [0.25, 0.3) is 0 Å². The molecule has 1 aliphatic rings. The first-order valence-electron chi connectivity index (χ1n) is 4.77. The molecule has 2 N–H and O–H groups in total. The summed E-state index contributed by atoms with van der Waals surface area (Å²) < 4.78 is 0. The summed E-state index contributed by atoms with van der Waals surface area (Å²) in [5, 5.41) is 0. The lowest BCUT2D eigenvalue weighted by molar-refractivity contribution is 0.506. The topological polar surface area (TPSA) is 42.1 Å². The Morgan fingerprint density at radius 2 is 2.15 bits per heavy atom. The molecule has 2 heterocycles. The number of hydrogen-bond acceptors (Lipinski definition) is 3. The third kappa shape index (κ3) is 1.98. The monoisotopic (exact) mass is 177 g/mol. The van der Waals surface area contributed by atoms with Gasteiger partial charge in [0.1, 0.15) is 0 Å². The van der Waals surface area contributed by atoms with Crippen LogP contribution in [0.15, 0.2) is 24.5 Å². The van der Waals surface area contributed by atoms with Crippen molar-refractivity contribution in [1.82, 2.24) is 4.98 Å². The second-order valence-electron chi connectivity index (χ2n) is 3.55. The fourth-order valence-electron chi connectivity index (χ4n) is 1.80. The molecule has 0 unspecified atom stereocenters. The highest BCUT2D eigenvalue weighted by atomic mass is 15.1. The normalized spacial score (nSPS) is 23.2. The summed E-state index contributed by atoms with van der Waals surface area (Å²) >= 11 is 0. The smallest absolute Gasteiger partial charge is 0.0397 e. The number of nitrogens with zero attached hydrogens (tertiary/aromatic N) is 2. The zero-order valence-electron chi connectivity index (χ0n) is 7.69. The van der Waals surface area contributed by atoms with Crippen LogP contribution in [-0.4, -0.2) is 24.1 Å². The Bertz CT molecular complexity index is 260. The molecule has 2 rings (SSSR count). The summed E-state index contributed by atoms with van der Waals surface area (Å²) in [5.74, 6) is 0. The highest BCUT2D eigenvalue weighted by Crippen LogP contribution is 2.17. The average molecular weight is 177 g/mol. The first kappa shape index (κ1) is 8.51. The number of aromatic nitrogens is 1. The number of hydrogen-bond donors (Lipinski definition) is 1. The zero-order valence-corrected chi connectivity index (χ0v) is 7.69. The lowest BCUT2D eigenvalue weighted by Gasteiger charge is -2.32. The zero-order chi connectivity index (χ0) is 9.10. The molecule has 13 heavy (non-hydrogen) atoms. The van der Waals surface area contributed by atoms with Crippen LogP contribution < -0.4 is 10.6 Å². The molecule has 1 saturated heterocycles. The van der Waals surface area contributed by atoms with Crippen LogP contribution in [0.5, 0.6) is 0 Å². The van der Waals surface area contributed by atoms with Crippen LogP contribution in [0.2, 0.25) is 0 Å². The predicted molar refractivity (Wildman–Crippen MR) is 53.7 cm³/mol. The second-order valence-corrected chi connectivity index (χ2v) is 3.55. The molecule has 70 valence electrons. The van der Waals surface area contributed by atoms with Crippen molar-refractivity contribution in [1.29, 1.82) is 0 Å². The molecular formula is C10H15N3. The molecule has 3 nitrogen and oxygen atoms in total. The van der Waals surface area contributed by atoms with Crippen LogP contribution in [-0.2, 0) is 0 Å².